The van der Waals surface area contributed by atoms with E-state index in [4.69, 9.17) is 16.3 Å². The van der Waals surface area contributed by atoms with Crippen molar-refractivity contribution in [2.24, 2.45) is 0 Å². The minimum absolute atomic E-state index is 0.0432. The van der Waals surface area contributed by atoms with Crippen LogP contribution in [0, 0.1) is 0 Å². The summed E-state index contributed by atoms with van der Waals surface area (Å²) in [5, 5.41) is -0.176. The number of Topliss-reactive ketones (excluding diaryl/α,β-unsaturated/α-hetero) is 1. The Morgan fingerprint density at radius 2 is 1.94 bits per heavy atom. The molecule has 0 saturated heterocycles. The molecular weight excluding hydrogens is 276 g/mol. The normalized spacial score (nSPS) is 10.1. The van der Waals surface area contributed by atoms with Gasteiger partial charge in [0.15, 0.2) is 10.9 Å². The number of ketones is 1. The number of aromatic nitrogens is 2. The van der Waals surface area contributed by atoms with Crippen molar-refractivity contribution in [2.45, 2.75) is 6.92 Å². The molecule has 0 aliphatic rings. The summed E-state index contributed by atoms with van der Waals surface area (Å²) in [7, 11) is 0. The molecule has 2 rings (SSSR count). The van der Waals surface area contributed by atoms with Gasteiger partial charge in [0.25, 0.3) is 11.3 Å². The molecule has 2 aromatic rings. The number of hydrogen-bond donors (Lipinski definition) is 0. The fraction of sp³-hybridized carbons (Fsp3) is 0.0909. The maximum atomic E-state index is 11.5. The number of benzene rings is 1. The van der Waals surface area contributed by atoms with E-state index in [1.165, 1.54) is 6.92 Å². The highest BCUT2D eigenvalue weighted by Crippen LogP contribution is 2.18. The van der Waals surface area contributed by atoms with Gasteiger partial charge in [-0.05, 0) is 31.2 Å². The third-order valence-corrected chi connectivity index (χ3v) is 2.97. The largest absolute Gasteiger partial charge is 0.435 e. The van der Waals surface area contributed by atoms with Gasteiger partial charge in [-0.2, -0.15) is 4.37 Å². The summed E-state index contributed by atoms with van der Waals surface area (Å²) in [4.78, 5) is 22.6. The van der Waals surface area contributed by atoms with Crippen LogP contribution in [0.4, 0.5) is 0 Å². The lowest BCUT2D eigenvalue weighted by Crippen LogP contribution is -2.07. The van der Waals surface area contributed by atoms with E-state index in [9.17, 15) is 9.59 Å². The van der Waals surface area contributed by atoms with E-state index >= 15 is 0 Å². The van der Waals surface area contributed by atoms with Crippen LogP contribution >= 0.6 is 23.3 Å². The topological polar surface area (TPSA) is 69.2 Å². The first-order chi connectivity index (χ1) is 8.58. The Morgan fingerprint density at radius 3 is 2.56 bits per heavy atom. The van der Waals surface area contributed by atoms with Crippen LogP contribution in [0.2, 0.25) is 5.15 Å². The summed E-state index contributed by atoms with van der Waals surface area (Å²) in [6.45, 7) is 1.47. The van der Waals surface area contributed by atoms with E-state index in [0.717, 1.165) is 11.7 Å². The summed E-state index contributed by atoms with van der Waals surface area (Å²) in [6, 6.07) is 6.37. The third-order valence-electron chi connectivity index (χ3n) is 2.10. The number of carbonyl (C=O) groups is 1. The molecule has 0 bridgehead atoms. The van der Waals surface area contributed by atoms with Crippen LogP contribution in [0.25, 0.3) is 0 Å². The maximum absolute atomic E-state index is 11.5. The predicted molar refractivity (Wildman–Crippen MR) is 67.7 cm³/mol. The van der Waals surface area contributed by atoms with Crippen LogP contribution in [0.5, 0.6) is 11.6 Å². The minimum atomic E-state index is -0.564. The zero-order valence-electron chi connectivity index (χ0n) is 9.21. The van der Waals surface area contributed by atoms with Crippen LogP contribution in [0.15, 0.2) is 29.1 Å². The van der Waals surface area contributed by atoms with Gasteiger partial charge < -0.3 is 4.74 Å². The SMILES string of the molecule is CC(=O)c1ccc(Oc2nsnc(Cl)c2=O)cc1. The van der Waals surface area contributed by atoms with E-state index in [-0.39, 0.29) is 16.8 Å². The lowest BCUT2D eigenvalue weighted by Gasteiger charge is -2.03. The number of halogens is 1. The Morgan fingerprint density at radius 1 is 1.28 bits per heavy atom. The Labute approximate surface area is 111 Å². The molecule has 0 atom stereocenters. The van der Waals surface area contributed by atoms with Gasteiger partial charge >= 0.3 is 0 Å². The summed E-state index contributed by atoms with van der Waals surface area (Å²) < 4.78 is 12.6. The first-order valence-electron chi connectivity index (χ1n) is 4.89. The zero-order chi connectivity index (χ0) is 13.1. The van der Waals surface area contributed by atoms with Gasteiger partial charge in [0, 0.05) is 5.56 Å². The molecule has 0 amide bonds. The number of nitrogens with zero attached hydrogens (tertiary/aromatic N) is 2. The van der Waals surface area contributed by atoms with Crippen molar-refractivity contribution >= 4 is 29.1 Å². The molecule has 7 heteroatoms. The standard InChI is InChI=1S/C11H7ClN2O3S/c1-6(15)7-2-4-8(5-3-7)17-11-9(16)10(12)13-18-14-11/h2-5H,1H3. The summed E-state index contributed by atoms with van der Waals surface area (Å²) in [5.74, 6) is 0.230. The highest BCUT2D eigenvalue weighted by atomic mass is 35.5. The molecule has 0 unspecified atom stereocenters. The molecule has 92 valence electrons. The van der Waals surface area contributed by atoms with E-state index in [0.29, 0.717) is 11.3 Å². The Bertz CT molecular complexity index is 639. The summed E-state index contributed by atoms with van der Waals surface area (Å²) >= 11 is 6.36. The maximum Gasteiger partial charge on any atom is 0.283 e. The average Bonchev–Trinajstić information content (AvgIpc) is 2.36. The van der Waals surface area contributed by atoms with Crippen LogP contribution in [-0.2, 0) is 0 Å². The second-order valence-electron chi connectivity index (χ2n) is 3.37. The predicted octanol–water partition coefficient (Wildman–Crippen LogP) is 2.55. The molecule has 0 radical (unpaired) electrons. The van der Waals surface area contributed by atoms with Gasteiger partial charge in [-0.25, -0.2) is 0 Å². The van der Waals surface area contributed by atoms with Gasteiger partial charge in [-0.1, -0.05) is 11.6 Å². The first kappa shape index (κ1) is 12.7. The number of carbonyl (C=O) groups excluding carboxylic acids is 1. The molecule has 0 spiro atoms. The molecule has 0 saturated carbocycles. The van der Waals surface area contributed by atoms with Crippen molar-refractivity contribution in [3.63, 3.8) is 0 Å². The van der Waals surface area contributed by atoms with E-state index in [2.05, 4.69) is 8.75 Å². The van der Waals surface area contributed by atoms with Gasteiger partial charge in [-0.15, -0.1) is 4.37 Å². The molecule has 0 fully saturated rings. The smallest absolute Gasteiger partial charge is 0.283 e. The fourth-order valence-corrected chi connectivity index (χ4v) is 1.76. The van der Waals surface area contributed by atoms with Gasteiger partial charge in [0.05, 0.1) is 11.7 Å². The molecule has 0 N–H and O–H groups in total. The van der Waals surface area contributed by atoms with Crippen molar-refractivity contribution in [2.75, 3.05) is 0 Å². The first-order valence-corrected chi connectivity index (χ1v) is 6.00. The number of ether oxygens (including phenoxy) is 1. The highest BCUT2D eigenvalue weighted by Gasteiger charge is 2.09. The van der Waals surface area contributed by atoms with Gasteiger partial charge in [0.1, 0.15) is 5.75 Å². The second-order valence-corrected chi connectivity index (χ2v) is 4.26. The molecule has 0 aliphatic carbocycles. The van der Waals surface area contributed by atoms with E-state index in [1.54, 1.807) is 24.3 Å². The second kappa shape index (κ2) is 5.24. The van der Waals surface area contributed by atoms with Gasteiger partial charge in [-0.3, -0.25) is 9.59 Å². The third kappa shape index (κ3) is 2.72. The van der Waals surface area contributed by atoms with Crippen LogP contribution in [0.3, 0.4) is 0 Å². The molecule has 18 heavy (non-hydrogen) atoms. The zero-order valence-corrected chi connectivity index (χ0v) is 10.8. The highest BCUT2D eigenvalue weighted by molar-refractivity contribution is 6.99. The van der Waals surface area contributed by atoms with Crippen molar-refractivity contribution in [3.8, 4) is 11.6 Å². The fourth-order valence-electron chi connectivity index (χ4n) is 1.20. The summed E-state index contributed by atoms with van der Waals surface area (Å²) in [5.41, 5.74) is -0.000657. The molecule has 1 heterocycles. The minimum Gasteiger partial charge on any atom is -0.435 e. The lowest BCUT2D eigenvalue weighted by atomic mass is 10.1. The average molecular weight is 283 g/mol. The Kier molecular flexibility index (Phi) is 3.69. The molecule has 1 aromatic heterocycles. The number of rotatable bonds is 3. The van der Waals surface area contributed by atoms with Crippen LogP contribution < -0.4 is 10.2 Å². The quantitative estimate of drug-likeness (QED) is 0.809. The van der Waals surface area contributed by atoms with Crippen molar-refractivity contribution in [3.05, 3.63) is 45.2 Å². The Hall–Kier alpha value is -1.79. The summed E-state index contributed by atoms with van der Waals surface area (Å²) in [6.07, 6.45) is 0. The molecule has 5 nitrogen and oxygen atoms in total. The Balaban J connectivity index is 2.26. The van der Waals surface area contributed by atoms with E-state index < -0.39 is 5.43 Å². The van der Waals surface area contributed by atoms with E-state index in [1.807, 2.05) is 0 Å². The molecular formula is C11H7ClN2O3S. The van der Waals surface area contributed by atoms with Gasteiger partial charge in [0.2, 0.25) is 0 Å². The number of hydrogen-bond acceptors (Lipinski definition) is 6. The molecule has 0 aliphatic heterocycles. The monoisotopic (exact) mass is 282 g/mol. The van der Waals surface area contributed by atoms with Crippen LogP contribution in [0.1, 0.15) is 17.3 Å². The molecule has 1 aromatic carbocycles. The van der Waals surface area contributed by atoms with Crippen LogP contribution in [-0.4, -0.2) is 14.5 Å². The van der Waals surface area contributed by atoms with Crippen molar-refractivity contribution in [1.29, 1.82) is 0 Å². The lowest BCUT2D eigenvalue weighted by molar-refractivity contribution is 0.101. The van der Waals surface area contributed by atoms with Crippen molar-refractivity contribution < 1.29 is 9.53 Å². The van der Waals surface area contributed by atoms with Crippen molar-refractivity contribution in [1.82, 2.24) is 8.75 Å².